The van der Waals surface area contributed by atoms with Crippen LogP contribution in [0.3, 0.4) is 0 Å². The van der Waals surface area contributed by atoms with Gasteiger partial charge in [0.2, 0.25) is 0 Å². The van der Waals surface area contributed by atoms with E-state index in [-0.39, 0.29) is 33.6 Å². The first kappa shape index (κ1) is 13.4. The SMILES string of the molecule is FC(F)Sc1nc2ccccc2nc1SC(F)F. The van der Waals surface area contributed by atoms with Gasteiger partial charge in [-0.3, -0.25) is 0 Å². The van der Waals surface area contributed by atoms with E-state index in [9.17, 15) is 17.6 Å². The topological polar surface area (TPSA) is 25.8 Å². The minimum atomic E-state index is -2.72. The number of para-hydroxylation sites is 2. The van der Waals surface area contributed by atoms with Gasteiger partial charge in [-0.1, -0.05) is 12.1 Å². The summed E-state index contributed by atoms with van der Waals surface area (Å²) in [5.74, 6) is -5.45. The lowest BCUT2D eigenvalue weighted by molar-refractivity contribution is 0.249. The Labute approximate surface area is 108 Å². The highest BCUT2D eigenvalue weighted by atomic mass is 32.2. The van der Waals surface area contributed by atoms with Crippen LogP contribution >= 0.6 is 23.5 Å². The molecule has 2 aromatic rings. The molecule has 0 atom stereocenters. The summed E-state index contributed by atoms with van der Waals surface area (Å²) in [6.07, 6.45) is 0. The van der Waals surface area contributed by atoms with E-state index < -0.39 is 11.5 Å². The monoisotopic (exact) mass is 294 g/mol. The van der Waals surface area contributed by atoms with Gasteiger partial charge in [-0.2, -0.15) is 17.6 Å². The molecule has 2 rings (SSSR count). The molecule has 96 valence electrons. The van der Waals surface area contributed by atoms with Crippen LogP contribution in [0.25, 0.3) is 11.0 Å². The Hall–Kier alpha value is -1.02. The first-order valence-electron chi connectivity index (χ1n) is 4.72. The Morgan fingerprint density at radius 1 is 0.778 bits per heavy atom. The average Bonchev–Trinajstić information content (AvgIpc) is 2.28. The van der Waals surface area contributed by atoms with Crippen LogP contribution in [0.15, 0.2) is 34.3 Å². The van der Waals surface area contributed by atoms with Crippen LogP contribution in [-0.4, -0.2) is 21.5 Å². The van der Waals surface area contributed by atoms with Gasteiger partial charge < -0.3 is 0 Å². The van der Waals surface area contributed by atoms with E-state index in [1.165, 1.54) is 0 Å². The summed E-state index contributed by atoms with van der Waals surface area (Å²) in [7, 11) is 0. The molecule has 0 saturated heterocycles. The molecule has 0 amide bonds. The van der Waals surface area contributed by atoms with E-state index in [1.807, 2.05) is 0 Å². The van der Waals surface area contributed by atoms with Crippen LogP contribution in [0, 0.1) is 0 Å². The summed E-state index contributed by atoms with van der Waals surface area (Å²) >= 11 is 0.242. The minimum absolute atomic E-state index is 0.121. The molecule has 8 heteroatoms. The van der Waals surface area contributed by atoms with Gasteiger partial charge in [-0.25, -0.2) is 9.97 Å². The largest absolute Gasteiger partial charge is 0.290 e. The van der Waals surface area contributed by atoms with Crippen LogP contribution in [0.4, 0.5) is 17.6 Å². The zero-order valence-electron chi connectivity index (χ0n) is 8.69. The highest BCUT2D eigenvalue weighted by molar-refractivity contribution is 8.02. The molecule has 1 aromatic heterocycles. The molecular weight excluding hydrogens is 288 g/mol. The van der Waals surface area contributed by atoms with Gasteiger partial charge in [0.1, 0.15) is 10.1 Å². The lowest BCUT2D eigenvalue weighted by Gasteiger charge is -2.07. The van der Waals surface area contributed by atoms with Crippen molar-refractivity contribution in [2.75, 3.05) is 0 Å². The third-order valence-corrected chi connectivity index (χ3v) is 3.41. The lowest BCUT2D eigenvalue weighted by atomic mass is 10.3. The summed E-state index contributed by atoms with van der Waals surface area (Å²) in [4.78, 5) is 7.87. The fourth-order valence-electron chi connectivity index (χ4n) is 1.29. The quantitative estimate of drug-likeness (QED) is 0.621. The molecule has 0 aliphatic rings. The van der Waals surface area contributed by atoms with Crippen molar-refractivity contribution in [1.29, 1.82) is 0 Å². The first-order chi connectivity index (χ1) is 8.56. The fraction of sp³-hybridized carbons (Fsp3) is 0.200. The third-order valence-electron chi connectivity index (χ3n) is 1.91. The molecular formula is C10H6F4N2S2. The number of rotatable bonds is 4. The number of halogens is 4. The first-order valence-corrected chi connectivity index (χ1v) is 6.48. The van der Waals surface area contributed by atoms with Crippen LogP contribution in [0.1, 0.15) is 0 Å². The molecule has 0 radical (unpaired) electrons. The van der Waals surface area contributed by atoms with Gasteiger partial charge in [-0.15, -0.1) is 0 Å². The van der Waals surface area contributed by atoms with Gasteiger partial charge in [0.05, 0.1) is 11.0 Å². The summed E-state index contributed by atoms with van der Waals surface area (Å²) in [6, 6.07) is 6.53. The zero-order valence-corrected chi connectivity index (χ0v) is 10.3. The maximum Gasteiger partial charge on any atom is 0.290 e. The number of hydrogen-bond acceptors (Lipinski definition) is 4. The second-order valence-corrected chi connectivity index (χ2v) is 5.04. The zero-order chi connectivity index (χ0) is 13.1. The number of aromatic nitrogens is 2. The molecule has 0 bridgehead atoms. The lowest BCUT2D eigenvalue weighted by Crippen LogP contribution is -1.96. The number of benzene rings is 1. The summed E-state index contributed by atoms with van der Waals surface area (Å²) in [5.41, 5.74) is 0.804. The van der Waals surface area contributed by atoms with E-state index in [4.69, 9.17) is 0 Å². The Bertz CT molecular complexity index is 502. The maximum atomic E-state index is 12.3. The Balaban J connectivity index is 2.48. The van der Waals surface area contributed by atoms with E-state index in [1.54, 1.807) is 24.3 Å². The van der Waals surface area contributed by atoms with Crippen molar-refractivity contribution >= 4 is 34.6 Å². The molecule has 0 aliphatic heterocycles. The molecule has 0 fully saturated rings. The van der Waals surface area contributed by atoms with E-state index in [0.717, 1.165) is 0 Å². The highest BCUT2D eigenvalue weighted by Crippen LogP contribution is 2.35. The average molecular weight is 294 g/mol. The molecule has 0 N–H and O–H groups in total. The standard InChI is InChI=1S/C10H6F4N2S2/c11-9(12)17-7-8(18-10(13)14)16-6-4-2-1-3-5(6)15-7/h1-4,9-10H. The van der Waals surface area contributed by atoms with Crippen LogP contribution < -0.4 is 0 Å². The number of thioether (sulfide) groups is 2. The number of nitrogens with zero attached hydrogens (tertiary/aromatic N) is 2. The normalized spacial score (nSPS) is 11.7. The van der Waals surface area contributed by atoms with Crippen molar-refractivity contribution in [2.45, 2.75) is 21.6 Å². The predicted octanol–water partition coefficient (Wildman–Crippen LogP) is 4.26. The van der Waals surface area contributed by atoms with Crippen molar-refractivity contribution in [1.82, 2.24) is 9.97 Å². The third kappa shape index (κ3) is 3.26. The summed E-state index contributed by atoms with van der Waals surface area (Å²) in [6.45, 7) is 0. The van der Waals surface area contributed by atoms with Gasteiger partial charge in [0, 0.05) is 0 Å². The van der Waals surface area contributed by atoms with E-state index in [2.05, 4.69) is 9.97 Å². The van der Waals surface area contributed by atoms with Crippen molar-refractivity contribution in [3.63, 3.8) is 0 Å². The number of alkyl halides is 4. The van der Waals surface area contributed by atoms with E-state index in [0.29, 0.717) is 11.0 Å². The fourth-order valence-corrected chi connectivity index (χ4v) is 2.51. The predicted molar refractivity (Wildman–Crippen MR) is 63.3 cm³/mol. The van der Waals surface area contributed by atoms with Gasteiger partial charge in [0.25, 0.3) is 11.5 Å². The van der Waals surface area contributed by atoms with Gasteiger partial charge in [-0.05, 0) is 35.7 Å². The van der Waals surface area contributed by atoms with Crippen molar-refractivity contribution < 1.29 is 17.6 Å². The molecule has 0 saturated carbocycles. The van der Waals surface area contributed by atoms with Crippen molar-refractivity contribution in [3.05, 3.63) is 24.3 Å². The molecule has 2 nitrogen and oxygen atoms in total. The molecule has 1 heterocycles. The molecule has 0 aliphatic carbocycles. The number of hydrogen-bond donors (Lipinski definition) is 0. The summed E-state index contributed by atoms with van der Waals surface area (Å²) < 4.78 is 49.3. The second-order valence-electron chi connectivity index (χ2n) is 3.08. The van der Waals surface area contributed by atoms with Gasteiger partial charge in [0.15, 0.2) is 0 Å². The highest BCUT2D eigenvalue weighted by Gasteiger charge is 2.18. The smallest absolute Gasteiger partial charge is 0.237 e. The molecule has 0 spiro atoms. The van der Waals surface area contributed by atoms with E-state index >= 15 is 0 Å². The van der Waals surface area contributed by atoms with Crippen LogP contribution in [0.2, 0.25) is 0 Å². The Morgan fingerprint density at radius 2 is 1.17 bits per heavy atom. The molecule has 1 aromatic carbocycles. The Morgan fingerprint density at radius 3 is 1.50 bits per heavy atom. The van der Waals surface area contributed by atoms with Gasteiger partial charge >= 0.3 is 0 Å². The molecule has 0 unspecified atom stereocenters. The molecule has 18 heavy (non-hydrogen) atoms. The minimum Gasteiger partial charge on any atom is -0.237 e. The maximum absolute atomic E-state index is 12.3. The van der Waals surface area contributed by atoms with Crippen molar-refractivity contribution in [3.8, 4) is 0 Å². The van der Waals surface area contributed by atoms with Crippen LogP contribution in [0.5, 0.6) is 0 Å². The second kappa shape index (κ2) is 5.75. The number of fused-ring (bicyclic) bond motifs is 1. The summed E-state index contributed by atoms with van der Waals surface area (Å²) in [5, 5.41) is -0.344. The Kier molecular flexibility index (Phi) is 4.28. The van der Waals surface area contributed by atoms with Crippen LogP contribution in [-0.2, 0) is 0 Å². The van der Waals surface area contributed by atoms with Crippen molar-refractivity contribution in [2.24, 2.45) is 0 Å².